The first-order chi connectivity index (χ1) is 20.5. The number of likely N-dealkylation sites (tertiary alicyclic amines) is 1. The normalized spacial score (nSPS) is 18.7. The van der Waals surface area contributed by atoms with Crippen molar-refractivity contribution < 1.29 is 19.4 Å². The number of amides is 1. The molecule has 2 heterocycles. The fourth-order valence-corrected chi connectivity index (χ4v) is 6.36. The second kappa shape index (κ2) is 14.9. The van der Waals surface area contributed by atoms with E-state index < -0.39 is 24.2 Å². The lowest BCUT2D eigenvalue weighted by molar-refractivity contribution is -0.133. The number of carbonyl (C=O) groups excluding carboxylic acids is 2. The monoisotopic (exact) mass is 605 g/mol. The Morgan fingerprint density at radius 2 is 1.72 bits per heavy atom. The number of ether oxygens (including phenoxy) is 1. The zero-order valence-corrected chi connectivity index (χ0v) is 26.4. The van der Waals surface area contributed by atoms with Crippen molar-refractivity contribution in [3.8, 4) is 5.75 Å². The second-order valence-corrected chi connectivity index (χ2v) is 13.4. The van der Waals surface area contributed by atoms with E-state index in [0.29, 0.717) is 30.3 Å². The summed E-state index contributed by atoms with van der Waals surface area (Å²) >= 11 is 1.55. The van der Waals surface area contributed by atoms with Crippen molar-refractivity contribution in [2.24, 2.45) is 0 Å². The highest BCUT2D eigenvalue weighted by Crippen LogP contribution is 2.32. The largest absolute Gasteiger partial charge is 0.425 e. The van der Waals surface area contributed by atoms with Gasteiger partial charge in [0, 0.05) is 42.3 Å². The molecule has 1 aromatic heterocycles. The maximum Gasteiger partial charge on any atom is 0.325 e. The van der Waals surface area contributed by atoms with Gasteiger partial charge in [-0.1, -0.05) is 60.3 Å². The third-order valence-electron chi connectivity index (χ3n) is 7.30. The van der Waals surface area contributed by atoms with Gasteiger partial charge in [-0.3, -0.25) is 14.5 Å². The molecule has 2 aromatic carbocycles. The number of hydrogen-bond donors (Lipinski definition) is 3. The van der Waals surface area contributed by atoms with Gasteiger partial charge in [-0.05, 0) is 70.2 Å². The fraction of sp³-hybridized carbons (Fsp3) is 0.455. The predicted molar refractivity (Wildman–Crippen MR) is 169 cm³/mol. The molecule has 230 valence electrons. The molecule has 0 radical (unpaired) electrons. The minimum absolute atomic E-state index is 0.0680. The van der Waals surface area contributed by atoms with Crippen LogP contribution in [-0.4, -0.2) is 80.5 Å². The van der Waals surface area contributed by atoms with Crippen LogP contribution in [0.4, 0.5) is 0 Å². The van der Waals surface area contributed by atoms with Crippen LogP contribution in [0, 0.1) is 13.8 Å². The van der Waals surface area contributed by atoms with E-state index >= 15 is 0 Å². The Morgan fingerprint density at radius 3 is 2.37 bits per heavy atom. The van der Waals surface area contributed by atoms with Crippen molar-refractivity contribution in [3.63, 3.8) is 0 Å². The van der Waals surface area contributed by atoms with E-state index in [9.17, 15) is 14.7 Å². The van der Waals surface area contributed by atoms with Crippen LogP contribution in [0.1, 0.15) is 43.9 Å². The second-order valence-electron chi connectivity index (χ2n) is 12.2. The lowest BCUT2D eigenvalue weighted by atomic mass is 10.00. The average Bonchev–Trinajstić information content (AvgIpc) is 3.35. The van der Waals surface area contributed by atoms with E-state index in [1.54, 1.807) is 30.2 Å². The van der Waals surface area contributed by atoms with Gasteiger partial charge >= 0.3 is 5.97 Å². The number of rotatable bonds is 12. The van der Waals surface area contributed by atoms with E-state index in [4.69, 9.17) is 4.74 Å². The molecular weight excluding hydrogens is 562 g/mol. The molecular formula is C33H43N5O4S. The number of thioether (sulfide) groups is 1. The van der Waals surface area contributed by atoms with Crippen LogP contribution in [-0.2, 0) is 16.0 Å². The molecule has 43 heavy (non-hydrogen) atoms. The molecule has 0 saturated carbocycles. The van der Waals surface area contributed by atoms with Gasteiger partial charge in [0.15, 0.2) is 5.16 Å². The summed E-state index contributed by atoms with van der Waals surface area (Å²) in [6.07, 6.45) is 3.66. The summed E-state index contributed by atoms with van der Waals surface area (Å²) in [7, 11) is 0. The van der Waals surface area contributed by atoms with Crippen LogP contribution >= 0.6 is 11.8 Å². The standard InChI is InChI=1S/C33H43N5O4S/c1-22-11-9-12-23(2)30(22)42-29(40)19-36-26(17-24-13-7-6-8-14-24)28(39)21-38-20-25(43-32-34-15-10-16-35-32)18-27(38)31(41)37-33(3,4)5/h6-16,25-28,36,39H,17-21H2,1-5H3,(H,37,41)/t25-,26+,27+,28-/m1/s1. The number of nitrogens with one attached hydrogen (secondary N) is 2. The number of β-amino-alcohol motifs (C(OH)–C–C–N with tert-alkyl or cyclic N) is 1. The molecule has 1 aliphatic rings. The first-order valence-corrected chi connectivity index (χ1v) is 15.6. The summed E-state index contributed by atoms with van der Waals surface area (Å²) in [5.74, 6) is 0.0669. The number of aryl methyl sites for hydroxylation is 2. The van der Waals surface area contributed by atoms with Gasteiger partial charge in [0.25, 0.3) is 0 Å². The number of aromatic nitrogens is 2. The molecule has 0 spiro atoms. The van der Waals surface area contributed by atoms with E-state index in [2.05, 4.69) is 20.6 Å². The van der Waals surface area contributed by atoms with Gasteiger partial charge in [0.2, 0.25) is 5.91 Å². The Kier molecular flexibility index (Phi) is 11.3. The number of esters is 1. The van der Waals surface area contributed by atoms with Crippen molar-refractivity contribution >= 4 is 23.6 Å². The molecule has 1 aliphatic heterocycles. The van der Waals surface area contributed by atoms with Crippen molar-refractivity contribution in [1.82, 2.24) is 25.5 Å². The van der Waals surface area contributed by atoms with Gasteiger partial charge in [-0.2, -0.15) is 0 Å². The number of benzene rings is 2. The highest BCUT2D eigenvalue weighted by molar-refractivity contribution is 7.99. The lowest BCUT2D eigenvalue weighted by Crippen LogP contribution is -2.54. The molecule has 4 rings (SSSR count). The van der Waals surface area contributed by atoms with Crippen molar-refractivity contribution in [1.29, 1.82) is 0 Å². The maximum absolute atomic E-state index is 13.4. The minimum Gasteiger partial charge on any atom is -0.425 e. The predicted octanol–water partition coefficient (Wildman–Crippen LogP) is 3.71. The third kappa shape index (κ3) is 9.86. The summed E-state index contributed by atoms with van der Waals surface area (Å²) in [5.41, 5.74) is 2.41. The molecule has 3 N–H and O–H groups in total. The Balaban J connectivity index is 1.48. The summed E-state index contributed by atoms with van der Waals surface area (Å²) in [5, 5.41) is 18.7. The third-order valence-corrected chi connectivity index (χ3v) is 8.39. The summed E-state index contributed by atoms with van der Waals surface area (Å²) in [6.45, 7) is 10.5. The van der Waals surface area contributed by atoms with Crippen LogP contribution in [0.2, 0.25) is 0 Å². The molecule has 1 saturated heterocycles. The minimum atomic E-state index is -0.866. The highest BCUT2D eigenvalue weighted by atomic mass is 32.2. The maximum atomic E-state index is 13.4. The molecule has 3 aromatic rings. The van der Waals surface area contributed by atoms with Gasteiger partial charge < -0.3 is 20.5 Å². The van der Waals surface area contributed by atoms with E-state index in [1.807, 2.05) is 88.0 Å². The smallest absolute Gasteiger partial charge is 0.325 e. The number of aliphatic hydroxyl groups is 1. The molecule has 10 heteroatoms. The Bertz CT molecular complexity index is 1330. The Labute approximate surface area is 258 Å². The number of carbonyl (C=O) groups is 2. The summed E-state index contributed by atoms with van der Waals surface area (Å²) < 4.78 is 5.69. The van der Waals surface area contributed by atoms with Crippen molar-refractivity contribution in [2.45, 2.75) is 81.6 Å². The zero-order chi connectivity index (χ0) is 31.0. The first-order valence-electron chi connectivity index (χ1n) is 14.7. The summed E-state index contributed by atoms with van der Waals surface area (Å²) in [4.78, 5) is 37.0. The molecule has 9 nitrogen and oxygen atoms in total. The molecule has 0 aliphatic carbocycles. The molecule has 1 amide bonds. The van der Waals surface area contributed by atoms with E-state index in [-0.39, 0.29) is 29.8 Å². The van der Waals surface area contributed by atoms with Gasteiger partial charge in [0.1, 0.15) is 5.75 Å². The van der Waals surface area contributed by atoms with Crippen LogP contribution in [0.3, 0.4) is 0 Å². The van der Waals surface area contributed by atoms with Crippen LogP contribution in [0.25, 0.3) is 0 Å². The number of nitrogens with zero attached hydrogens (tertiary/aromatic N) is 3. The topological polar surface area (TPSA) is 117 Å². The lowest BCUT2D eigenvalue weighted by Gasteiger charge is -2.32. The molecule has 0 bridgehead atoms. The fourth-order valence-electron chi connectivity index (χ4n) is 5.27. The number of para-hydroxylation sites is 1. The molecule has 0 unspecified atom stereocenters. The Hall–Kier alpha value is -3.31. The number of aliphatic hydroxyl groups excluding tert-OH is 1. The van der Waals surface area contributed by atoms with Crippen LogP contribution in [0.5, 0.6) is 5.75 Å². The highest BCUT2D eigenvalue weighted by Gasteiger charge is 2.40. The van der Waals surface area contributed by atoms with E-state index in [0.717, 1.165) is 16.7 Å². The van der Waals surface area contributed by atoms with Gasteiger partial charge in [-0.25, -0.2) is 9.97 Å². The number of hydrogen-bond acceptors (Lipinski definition) is 9. The van der Waals surface area contributed by atoms with Crippen LogP contribution in [0.15, 0.2) is 72.1 Å². The quantitative estimate of drug-likeness (QED) is 0.161. The SMILES string of the molecule is Cc1cccc(C)c1OC(=O)CN[C@@H](Cc1ccccc1)[C@H](O)CN1C[C@H](Sc2ncccn2)C[C@H]1C(=O)NC(C)(C)C. The van der Waals surface area contributed by atoms with Crippen LogP contribution < -0.4 is 15.4 Å². The van der Waals surface area contributed by atoms with E-state index in [1.165, 1.54) is 0 Å². The van der Waals surface area contributed by atoms with Crippen molar-refractivity contribution in [2.75, 3.05) is 19.6 Å². The van der Waals surface area contributed by atoms with Gasteiger partial charge in [0.05, 0.1) is 18.7 Å². The zero-order valence-electron chi connectivity index (χ0n) is 25.6. The van der Waals surface area contributed by atoms with Crippen molar-refractivity contribution in [3.05, 3.63) is 83.7 Å². The molecule has 4 atom stereocenters. The first kappa shape index (κ1) is 32.6. The van der Waals surface area contributed by atoms with Gasteiger partial charge in [-0.15, -0.1) is 0 Å². The Morgan fingerprint density at radius 1 is 1.05 bits per heavy atom. The average molecular weight is 606 g/mol. The molecule has 1 fully saturated rings. The summed E-state index contributed by atoms with van der Waals surface area (Å²) in [6, 6.07) is 16.5.